The zero-order valence-corrected chi connectivity index (χ0v) is 7.79. The summed E-state index contributed by atoms with van der Waals surface area (Å²) in [7, 11) is -3.25. The highest BCUT2D eigenvalue weighted by atomic mass is 32.2. The Balaban J connectivity index is 3.36. The topological polar surface area (TPSA) is 54.4 Å². The predicted octanol–water partition coefficient (Wildman–Crippen LogP) is 1.17. The van der Waals surface area contributed by atoms with Gasteiger partial charge in [0.15, 0.2) is 14.9 Å². The van der Waals surface area contributed by atoms with Crippen LogP contribution in [0.2, 0.25) is 0 Å². The maximum Gasteiger partial charge on any atom is 0.190 e. The molecule has 0 unspecified atom stereocenters. The van der Waals surface area contributed by atoms with E-state index in [0.717, 1.165) is 22.5 Å². The van der Waals surface area contributed by atoms with Gasteiger partial charge in [-0.1, -0.05) is 0 Å². The minimum atomic E-state index is -3.25. The summed E-state index contributed by atoms with van der Waals surface area (Å²) in [6, 6.07) is 1.47. The first-order valence-corrected chi connectivity index (χ1v) is 5.61. The van der Waals surface area contributed by atoms with E-state index in [0.29, 0.717) is 0 Å². The van der Waals surface area contributed by atoms with Gasteiger partial charge in [-0.3, -0.25) is 0 Å². The minimum absolute atomic E-state index is 0.0278. The molecule has 0 aliphatic heterocycles. The first-order chi connectivity index (χ1) is 4.91. The Morgan fingerprint density at radius 3 is 2.27 bits per heavy atom. The van der Waals surface area contributed by atoms with E-state index < -0.39 is 9.84 Å². The molecule has 1 N–H and O–H groups in total. The molecule has 1 heterocycles. The van der Waals surface area contributed by atoms with Crippen LogP contribution in [0, 0.1) is 6.92 Å². The second kappa shape index (κ2) is 2.49. The van der Waals surface area contributed by atoms with E-state index in [1.807, 2.05) is 0 Å². The molecule has 1 aromatic rings. The molecular formula is C6H8O3S2. The van der Waals surface area contributed by atoms with E-state index in [1.54, 1.807) is 6.92 Å². The molecule has 0 bridgehead atoms. The minimum Gasteiger partial charge on any atom is -0.499 e. The third-order valence-corrected chi connectivity index (χ3v) is 3.29. The number of sulfone groups is 1. The molecule has 5 heteroatoms. The van der Waals surface area contributed by atoms with Crippen molar-refractivity contribution < 1.29 is 13.5 Å². The molecule has 62 valence electrons. The van der Waals surface area contributed by atoms with Crippen LogP contribution in [-0.4, -0.2) is 19.8 Å². The first-order valence-electron chi connectivity index (χ1n) is 2.90. The van der Waals surface area contributed by atoms with Crippen LogP contribution >= 0.6 is 11.3 Å². The lowest BCUT2D eigenvalue weighted by molar-refractivity contribution is 0.476. The standard InChI is InChI=1S/C6H8O3S2/c1-4-3-5(6(7)10-4)11(2,8)9/h3,7H,1-2H3. The van der Waals surface area contributed by atoms with Crippen LogP contribution in [0.25, 0.3) is 0 Å². The van der Waals surface area contributed by atoms with Gasteiger partial charge in [-0.15, -0.1) is 11.3 Å². The number of thiophene rings is 1. The SMILES string of the molecule is Cc1cc(S(C)(=O)=O)c(O)s1. The molecule has 0 atom stereocenters. The smallest absolute Gasteiger partial charge is 0.190 e. The molecule has 1 aromatic heterocycles. The molecular weight excluding hydrogens is 184 g/mol. The molecule has 3 nitrogen and oxygen atoms in total. The van der Waals surface area contributed by atoms with Gasteiger partial charge in [0.1, 0.15) is 4.90 Å². The molecule has 0 radical (unpaired) electrons. The Morgan fingerprint density at radius 2 is 2.09 bits per heavy atom. The number of aromatic hydroxyl groups is 1. The lowest BCUT2D eigenvalue weighted by Gasteiger charge is -1.91. The highest BCUT2D eigenvalue weighted by molar-refractivity contribution is 7.91. The van der Waals surface area contributed by atoms with E-state index in [-0.39, 0.29) is 9.96 Å². The van der Waals surface area contributed by atoms with Gasteiger partial charge in [0.05, 0.1) is 0 Å². The maximum absolute atomic E-state index is 10.9. The van der Waals surface area contributed by atoms with Crippen LogP contribution in [-0.2, 0) is 9.84 Å². The van der Waals surface area contributed by atoms with E-state index >= 15 is 0 Å². The van der Waals surface area contributed by atoms with Gasteiger partial charge < -0.3 is 5.11 Å². The van der Waals surface area contributed by atoms with Crippen molar-refractivity contribution in [2.45, 2.75) is 11.8 Å². The highest BCUT2D eigenvalue weighted by Gasteiger charge is 2.15. The Kier molecular flexibility index (Phi) is 1.94. The van der Waals surface area contributed by atoms with Crippen molar-refractivity contribution in [1.29, 1.82) is 0 Å². The summed E-state index contributed by atoms with van der Waals surface area (Å²) in [6.07, 6.45) is 1.08. The Morgan fingerprint density at radius 1 is 1.55 bits per heavy atom. The van der Waals surface area contributed by atoms with Crippen molar-refractivity contribution in [3.8, 4) is 5.06 Å². The molecule has 0 saturated heterocycles. The van der Waals surface area contributed by atoms with Crippen LogP contribution in [0.1, 0.15) is 4.88 Å². The molecule has 0 saturated carbocycles. The molecule has 0 spiro atoms. The summed E-state index contributed by atoms with van der Waals surface area (Å²) in [6.45, 7) is 1.75. The molecule has 0 aliphatic carbocycles. The van der Waals surface area contributed by atoms with Crippen LogP contribution in [0.3, 0.4) is 0 Å². The average Bonchev–Trinajstić information content (AvgIpc) is 2.08. The molecule has 0 fully saturated rings. The van der Waals surface area contributed by atoms with Crippen LogP contribution in [0.4, 0.5) is 0 Å². The number of aryl methyl sites for hydroxylation is 1. The third-order valence-electron chi connectivity index (χ3n) is 1.20. The molecule has 0 aromatic carbocycles. The van der Waals surface area contributed by atoms with E-state index in [9.17, 15) is 8.42 Å². The fraction of sp³-hybridized carbons (Fsp3) is 0.333. The van der Waals surface area contributed by atoms with E-state index in [1.165, 1.54) is 6.07 Å². The second-order valence-corrected chi connectivity index (χ2v) is 5.52. The van der Waals surface area contributed by atoms with Crippen LogP contribution < -0.4 is 0 Å². The largest absolute Gasteiger partial charge is 0.499 e. The van der Waals surface area contributed by atoms with Crippen molar-refractivity contribution in [2.24, 2.45) is 0 Å². The van der Waals surface area contributed by atoms with E-state index in [4.69, 9.17) is 5.11 Å². The monoisotopic (exact) mass is 192 g/mol. The van der Waals surface area contributed by atoms with Gasteiger partial charge in [-0.05, 0) is 13.0 Å². The average molecular weight is 192 g/mol. The Hall–Kier alpha value is -0.550. The molecule has 0 aliphatic rings. The van der Waals surface area contributed by atoms with Crippen molar-refractivity contribution in [1.82, 2.24) is 0 Å². The van der Waals surface area contributed by atoms with Crippen molar-refractivity contribution in [3.05, 3.63) is 10.9 Å². The fourth-order valence-corrected chi connectivity index (χ4v) is 2.75. The third kappa shape index (κ3) is 1.72. The van der Waals surface area contributed by atoms with Gasteiger partial charge in [-0.2, -0.15) is 0 Å². The maximum atomic E-state index is 10.9. The number of rotatable bonds is 1. The zero-order chi connectivity index (χ0) is 8.65. The van der Waals surface area contributed by atoms with Crippen LogP contribution in [0.5, 0.6) is 5.06 Å². The zero-order valence-electron chi connectivity index (χ0n) is 6.16. The lowest BCUT2D eigenvalue weighted by atomic mass is 10.5. The van der Waals surface area contributed by atoms with Crippen molar-refractivity contribution >= 4 is 21.2 Å². The molecule has 11 heavy (non-hydrogen) atoms. The van der Waals surface area contributed by atoms with Gasteiger partial charge in [0.25, 0.3) is 0 Å². The summed E-state index contributed by atoms with van der Waals surface area (Å²) in [5.41, 5.74) is 0. The number of hydrogen-bond acceptors (Lipinski definition) is 4. The summed E-state index contributed by atoms with van der Waals surface area (Å²) < 4.78 is 21.8. The summed E-state index contributed by atoms with van der Waals surface area (Å²) in [4.78, 5) is 0.822. The van der Waals surface area contributed by atoms with Gasteiger partial charge in [-0.25, -0.2) is 8.42 Å². The summed E-state index contributed by atoms with van der Waals surface area (Å²) >= 11 is 1.07. The number of hydrogen-bond donors (Lipinski definition) is 1. The lowest BCUT2D eigenvalue weighted by Crippen LogP contribution is -1.94. The molecule has 0 amide bonds. The van der Waals surface area contributed by atoms with Gasteiger partial charge in [0, 0.05) is 11.1 Å². The van der Waals surface area contributed by atoms with Gasteiger partial charge in [0.2, 0.25) is 0 Å². The Bertz CT molecular complexity index is 361. The van der Waals surface area contributed by atoms with E-state index in [2.05, 4.69) is 0 Å². The Labute approximate surface area is 69.2 Å². The van der Waals surface area contributed by atoms with Crippen LogP contribution in [0.15, 0.2) is 11.0 Å². The summed E-state index contributed by atoms with van der Waals surface area (Å²) in [5.74, 6) is 0. The predicted molar refractivity (Wildman–Crippen MR) is 43.8 cm³/mol. The van der Waals surface area contributed by atoms with Gasteiger partial charge >= 0.3 is 0 Å². The second-order valence-electron chi connectivity index (χ2n) is 2.30. The normalized spacial score (nSPS) is 11.8. The van der Waals surface area contributed by atoms with Crippen molar-refractivity contribution in [2.75, 3.05) is 6.26 Å². The highest BCUT2D eigenvalue weighted by Crippen LogP contribution is 2.31. The first kappa shape index (κ1) is 8.55. The summed E-state index contributed by atoms with van der Waals surface area (Å²) in [5, 5.41) is 8.99. The fourth-order valence-electron chi connectivity index (χ4n) is 0.744. The quantitative estimate of drug-likeness (QED) is 0.726. The van der Waals surface area contributed by atoms with Crippen molar-refractivity contribution in [3.63, 3.8) is 0 Å². The molecule has 1 rings (SSSR count).